The van der Waals surface area contributed by atoms with Crippen LogP contribution in [0.5, 0.6) is 23.0 Å². The quantitative estimate of drug-likeness (QED) is 0.775. The van der Waals surface area contributed by atoms with Gasteiger partial charge in [0.2, 0.25) is 6.79 Å². The summed E-state index contributed by atoms with van der Waals surface area (Å²) in [6, 6.07) is 10.8. The van der Waals surface area contributed by atoms with Gasteiger partial charge in [0, 0.05) is 16.7 Å². The van der Waals surface area contributed by atoms with E-state index in [2.05, 4.69) is 0 Å². The first kappa shape index (κ1) is 12.5. The van der Waals surface area contributed by atoms with Crippen LogP contribution >= 0.6 is 23.2 Å². The van der Waals surface area contributed by atoms with Crippen LogP contribution in [0.4, 0.5) is 0 Å². The van der Waals surface area contributed by atoms with Crippen LogP contribution in [-0.4, -0.2) is 6.79 Å². The number of hydrogen-bond donors (Lipinski definition) is 0. The Kier molecular flexibility index (Phi) is 3.40. The molecule has 0 atom stereocenters. The molecule has 3 rings (SSSR count). The first-order valence-electron chi connectivity index (χ1n) is 5.69. The SMILES string of the molecule is ClCc1c(Cl)cccc1Oc1ccc2c(c1)OCO2. The monoisotopic (exact) mass is 296 g/mol. The molecule has 19 heavy (non-hydrogen) atoms. The van der Waals surface area contributed by atoms with Crippen LogP contribution in [-0.2, 0) is 5.88 Å². The number of alkyl halides is 1. The summed E-state index contributed by atoms with van der Waals surface area (Å²) in [6.45, 7) is 0.239. The molecule has 1 aliphatic rings. The zero-order chi connectivity index (χ0) is 13.2. The highest BCUT2D eigenvalue weighted by Gasteiger charge is 2.15. The number of hydrogen-bond acceptors (Lipinski definition) is 3. The van der Waals surface area contributed by atoms with Crippen molar-refractivity contribution in [1.82, 2.24) is 0 Å². The van der Waals surface area contributed by atoms with Crippen LogP contribution < -0.4 is 14.2 Å². The number of rotatable bonds is 3. The Hall–Kier alpha value is -1.58. The third kappa shape index (κ3) is 2.44. The van der Waals surface area contributed by atoms with Gasteiger partial charge in [0.05, 0.1) is 5.88 Å². The van der Waals surface area contributed by atoms with Crippen molar-refractivity contribution < 1.29 is 14.2 Å². The van der Waals surface area contributed by atoms with E-state index in [1.807, 2.05) is 24.3 Å². The van der Waals surface area contributed by atoms with Gasteiger partial charge in [-0.1, -0.05) is 17.7 Å². The molecule has 0 N–H and O–H groups in total. The number of ether oxygens (including phenoxy) is 3. The molecule has 0 amide bonds. The van der Waals surface area contributed by atoms with Gasteiger partial charge in [-0.25, -0.2) is 0 Å². The molecule has 1 aliphatic heterocycles. The minimum atomic E-state index is 0.239. The maximum Gasteiger partial charge on any atom is 0.231 e. The van der Waals surface area contributed by atoms with E-state index in [-0.39, 0.29) is 6.79 Å². The van der Waals surface area contributed by atoms with Crippen molar-refractivity contribution in [2.45, 2.75) is 5.88 Å². The number of halogens is 2. The lowest BCUT2D eigenvalue weighted by Gasteiger charge is -2.11. The Balaban J connectivity index is 1.91. The normalized spacial score (nSPS) is 12.5. The molecule has 3 nitrogen and oxygen atoms in total. The molecule has 0 spiro atoms. The van der Waals surface area contributed by atoms with Crippen molar-refractivity contribution in [3.05, 3.63) is 47.0 Å². The minimum Gasteiger partial charge on any atom is -0.457 e. The lowest BCUT2D eigenvalue weighted by molar-refractivity contribution is 0.174. The summed E-state index contributed by atoms with van der Waals surface area (Å²) < 4.78 is 16.4. The lowest BCUT2D eigenvalue weighted by atomic mass is 10.2. The third-order valence-corrected chi connectivity index (χ3v) is 3.40. The predicted molar refractivity (Wildman–Crippen MR) is 73.6 cm³/mol. The average molecular weight is 297 g/mol. The fourth-order valence-corrected chi connectivity index (χ4v) is 2.41. The smallest absolute Gasteiger partial charge is 0.231 e. The second-order valence-electron chi connectivity index (χ2n) is 3.97. The molecular weight excluding hydrogens is 287 g/mol. The molecule has 0 unspecified atom stereocenters. The summed E-state index contributed by atoms with van der Waals surface area (Å²) in [7, 11) is 0. The second-order valence-corrected chi connectivity index (χ2v) is 4.64. The molecule has 0 fully saturated rings. The third-order valence-electron chi connectivity index (χ3n) is 2.78. The van der Waals surface area contributed by atoms with Gasteiger partial charge in [0.25, 0.3) is 0 Å². The van der Waals surface area contributed by atoms with E-state index in [1.54, 1.807) is 12.1 Å². The topological polar surface area (TPSA) is 27.7 Å². The van der Waals surface area contributed by atoms with Crippen molar-refractivity contribution in [2.24, 2.45) is 0 Å². The van der Waals surface area contributed by atoms with Crippen LogP contribution in [0, 0.1) is 0 Å². The highest BCUT2D eigenvalue weighted by molar-refractivity contribution is 6.32. The Morgan fingerprint density at radius 3 is 2.79 bits per heavy atom. The Bertz CT molecular complexity index is 614. The zero-order valence-electron chi connectivity index (χ0n) is 9.86. The van der Waals surface area contributed by atoms with Crippen LogP contribution in [0.15, 0.2) is 36.4 Å². The molecule has 0 saturated carbocycles. The molecule has 0 bridgehead atoms. The molecule has 0 saturated heterocycles. The minimum absolute atomic E-state index is 0.239. The van der Waals surface area contributed by atoms with E-state index in [4.69, 9.17) is 37.4 Å². The Labute approximate surface area is 120 Å². The molecular formula is C14H10Cl2O3. The molecule has 0 aliphatic carbocycles. The molecule has 2 aromatic rings. The molecule has 98 valence electrons. The van der Waals surface area contributed by atoms with Crippen LogP contribution in [0.1, 0.15) is 5.56 Å². The molecule has 0 radical (unpaired) electrons. The summed E-state index contributed by atoms with van der Waals surface area (Å²) in [5.74, 6) is 2.97. The largest absolute Gasteiger partial charge is 0.457 e. The van der Waals surface area contributed by atoms with E-state index >= 15 is 0 Å². The van der Waals surface area contributed by atoms with Gasteiger partial charge in [0.15, 0.2) is 11.5 Å². The molecule has 0 aromatic heterocycles. The maximum atomic E-state index is 6.08. The van der Waals surface area contributed by atoms with Gasteiger partial charge in [-0.3, -0.25) is 0 Å². The Morgan fingerprint density at radius 1 is 1.11 bits per heavy atom. The average Bonchev–Trinajstić information content (AvgIpc) is 2.86. The maximum absolute atomic E-state index is 6.08. The van der Waals surface area contributed by atoms with Crippen molar-refractivity contribution in [1.29, 1.82) is 0 Å². The fourth-order valence-electron chi connectivity index (χ4n) is 1.83. The van der Waals surface area contributed by atoms with Gasteiger partial charge < -0.3 is 14.2 Å². The fraction of sp³-hybridized carbons (Fsp3) is 0.143. The van der Waals surface area contributed by atoms with E-state index in [0.717, 1.165) is 11.3 Å². The van der Waals surface area contributed by atoms with Gasteiger partial charge in [0.1, 0.15) is 11.5 Å². The molecule has 1 heterocycles. The number of benzene rings is 2. The first-order chi connectivity index (χ1) is 9.28. The van der Waals surface area contributed by atoms with E-state index < -0.39 is 0 Å². The first-order valence-corrected chi connectivity index (χ1v) is 6.60. The standard InChI is InChI=1S/C14H10Cl2O3/c15-7-10-11(16)2-1-3-12(10)19-9-4-5-13-14(6-9)18-8-17-13/h1-6H,7-8H2. The van der Waals surface area contributed by atoms with Gasteiger partial charge in [-0.05, 0) is 24.3 Å². The van der Waals surface area contributed by atoms with Crippen LogP contribution in [0.2, 0.25) is 5.02 Å². The molecule has 5 heteroatoms. The van der Waals surface area contributed by atoms with Gasteiger partial charge >= 0.3 is 0 Å². The van der Waals surface area contributed by atoms with Crippen molar-refractivity contribution in [3.8, 4) is 23.0 Å². The lowest BCUT2D eigenvalue weighted by Crippen LogP contribution is -1.93. The zero-order valence-corrected chi connectivity index (χ0v) is 11.4. The highest BCUT2D eigenvalue weighted by atomic mass is 35.5. The predicted octanol–water partition coefficient (Wildman–Crippen LogP) is 4.60. The van der Waals surface area contributed by atoms with E-state index in [9.17, 15) is 0 Å². The van der Waals surface area contributed by atoms with Gasteiger partial charge in [-0.15, -0.1) is 11.6 Å². The summed E-state index contributed by atoms with van der Waals surface area (Å²) in [5, 5.41) is 0.591. The second kappa shape index (κ2) is 5.19. The number of fused-ring (bicyclic) bond motifs is 1. The van der Waals surface area contributed by atoms with Crippen LogP contribution in [0.25, 0.3) is 0 Å². The van der Waals surface area contributed by atoms with Crippen molar-refractivity contribution in [3.63, 3.8) is 0 Å². The van der Waals surface area contributed by atoms with Crippen molar-refractivity contribution >= 4 is 23.2 Å². The summed E-state index contributed by atoms with van der Waals surface area (Å²) in [4.78, 5) is 0. The molecule has 2 aromatic carbocycles. The summed E-state index contributed by atoms with van der Waals surface area (Å²) in [5.41, 5.74) is 0.767. The highest BCUT2D eigenvalue weighted by Crippen LogP contribution is 2.38. The Morgan fingerprint density at radius 2 is 1.95 bits per heavy atom. The van der Waals surface area contributed by atoms with Crippen molar-refractivity contribution in [2.75, 3.05) is 6.79 Å². The summed E-state index contributed by atoms with van der Waals surface area (Å²) in [6.07, 6.45) is 0. The summed E-state index contributed by atoms with van der Waals surface area (Å²) >= 11 is 12.0. The van der Waals surface area contributed by atoms with E-state index in [1.165, 1.54) is 0 Å². The van der Waals surface area contributed by atoms with Crippen LogP contribution in [0.3, 0.4) is 0 Å². The van der Waals surface area contributed by atoms with Gasteiger partial charge in [-0.2, -0.15) is 0 Å². The van der Waals surface area contributed by atoms with E-state index in [0.29, 0.717) is 28.2 Å².